The molecule has 1 N–H and O–H groups in total. The van der Waals surface area contributed by atoms with Gasteiger partial charge in [-0.3, -0.25) is 14.2 Å². The van der Waals surface area contributed by atoms with Gasteiger partial charge in [-0.1, -0.05) is 30.8 Å². The second kappa shape index (κ2) is 9.42. The summed E-state index contributed by atoms with van der Waals surface area (Å²) in [5, 5.41) is 3.73. The van der Waals surface area contributed by atoms with Crippen LogP contribution < -0.4 is 15.6 Å². The van der Waals surface area contributed by atoms with Gasteiger partial charge in [-0.25, -0.2) is 4.98 Å². The van der Waals surface area contributed by atoms with E-state index in [1.807, 2.05) is 44.2 Å². The Labute approximate surface area is 195 Å². The van der Waals surface area contributed by atoms with Crippen LogP contribution in [-0.2, 0) is 11.2 Å². The summed E-state index contributed by atoms with van der Waals surface area (Å²) in [5.74, 6) is 0.634. The first-order chi connectivity index (χ1) is 15.3. The highest BCUT2D eigenvalue weighted by molar-refractivity contribution is 8.00. The molecule has 1 amide bonds. The van der Waals surface area contributed by atoms with Gasteiger partial charge in [0.25, 0.3) is 5.56 Å². The van der Waals surface area contributed by atoms with Crippen molar-refractivity contribution in [1.29, 1.82) is 0 Å². The van der Waals surface area contributed by atoms with E-state index in [1.165, 1.54) is 11.8 Å². The Kier molecular flexibility index (Phi) is 6.62. The predicted molar refractivity (Wildman–Crippen MR) is 131 cm³/mol. The number of carbonyl (C=O) groups is 1. The maximum Gasteiger partial charge on any atom is 0.272 e. The number of fused-ring (bicyclic) bond motifs is 1. The van der Waals surface area contributed by atoms with E-state index in [0.717, 1.165) is 28.9 Å². The number of aryl methyl sites for hydroxylation is 2. The van der Waals surface area contributed by atoms with Gasteiger partial charge in [-0.15, -0.1) is 11.8 Å². The summed E-state index contributed by atoms with van der Waals surface area (Å²) < 4.78 is 6.85. The van der Waals surface area contributed by atoms with Gasteiger partial charge in [-0.2, -0.15) is 0 Å². The molecule has 1 atom stereocenters. The van der Waals surface area contributed by atoms with Crippen molar-refractivity contribution in [3.63, 3.8) is 0 Å². The molecule has 0 saturated heterocycles. The van der Waals surface area contributed by atoms with E-state index in [1.54, 1.807) is 29.5 Å². The van der Waals surface area contributed by atoms with Crippen LogP contribution in [0.3, 0.4) is 0 Å². The predicted octanol–water partition coefficient (Wildman–Crippen LogP) is 4.63. The van der Waals surface area contributed by atoms with Crippen molar-refractivity contribution >= 4 is 35.1 Å². The van der Waals surface area contributed by atoms with Gasteiger partial charge in [0.1, 0.15) is 5.75 Å². The molecule has 2 aromatic carbocycles. The van der Waals surface area contributed by atoms with Gasteiger partial charge in [0.15, 0.2) is 5.16 Å². The maximum absolute atomic E-state index is 13.4. The number of hydrogen-bond donors (Lipinski definition) is 1. The average Bonchev–Trinajstić information content (AvgIpc) is 3.12. The number of amides is 1. The summed E-state index contributed by atoms with van der Waals surface area (Å²) in [6, 6.07) is 13.2. The summed E-state index contributed by atoms with van der Waals surface area (Å²) in [6.45, 7) is 6.11. The number of aromatic nitrogens is 2. The van der Waals surface area contributed by atoms with Crippen molar-refractivity contribution in [1.82, 2.24) is 9.55 Å². The molecule has 8 heteroatoms. The largest absolute Gasteiger partial charge is 0.497 e. The van der Waals surface area contributed by atoms with E-state index >= 15 is 0 Å². The minimum absolute atomic E-state index is 0.0648. The fourth-order valence-electron chi connectivity index (χ4n) is 3.73. The second-order valence-electron chi connectivity index (χ2n) is 7.86. The Morgan fingerprint density at radius 1 is 1.25 bits per heavy atom. The molecule has 166 valence electrons. The van der Waals surface area contributed by atoms with E-state index in [9.17, 15) is 9.59 Å². The minimum atomic E-state index is -0.173. The molecule has 0 aliphatic carbocycles. The highest BCUT2D eigenvalue weighted by Gasteiger charge is 2.27. The third-order valence-corrected chi connectivity index (χ3v) is 7.19. The molecule has 4 rings (SSSR count). The van der Waals surface area contributed by atoms with Crippen LogP contribution in [0.4, 0.5) is 5.69 Å². The lowest BCUT2D eigenvalue weighted by molar-refractivity contribution is -0.113. The van der Waals surface area contributed by atoms with Crippen LogP contribution in [0.25, 0.3) is 5.69 Å². The lowest BCUT2D eigenvalue weighted by Crippen LogP contribution is -2.25. The number of methoxy groups -OCH3 is 1. The number of nitrogens with one attached hydrogen (secondary N) is 1. The monoisotopic (exact) mass is 467 g/mol. The average molecular weight is 468 g/mol. The zero-order chi connectivity index (χ0) is 22.8. The molecule has 2 heterocycles. The Bertz CT molecular complexity index is 1220. The van der Waals surface area contributed by atoms with E-state index < -0.39 is 0 Å². The van der Waals surface area contributed by atoms with Gasteiger partial charge in [0, 0.05) is 23.4 Å². The summed E-state index contributed by atoms with van der Waals surface area (Å²) in [4.78, 5) is 31.6. The van der Waals surface area contributed by atoms with Crippen molar-refractivity contribution < 1.29 is 9.53 Å². The van der Waals surface area contributed by atoms with Gasteiger partial charge in [0.05, 0.1) is 29.1 Å². The summed E-state index contributed by atoms with van der Waals surface area (Å²) in [6.07, 6.45) is 0.756. The van der Waals surface area contributed by atoms with Gasteiger partial charge in [-0.05, 0) is 49.2 Å². The highest BCUT2D eigenvalue weighted by Crippen LogP contribution is 2.35. The first-order valence-electron chi connectivity index (χ1n) is 10.3. The molecule has 1 aliphatic rings. The van der Waals surface area contributed by atoms with Gasteiger partial charge in [0.2, 0.25) is 5.91 Å². The number of anilines is 1. The zero-order valence-corrected chi connectivity index (χ0v) is 20.1. The number of thioether (sulfide) groups is 2. The van der Waals surface area contributed by atoms with Crippen molar-refractivity contribution in [3.05, 3.63) is 69.6 Å². The molecular weight excluding hydrogens is 442 g/mol. The minimum Gasteiger partial charge on any atom is -0.497 e. The van der Waals surface area contributed by atoms with Crippen molar-refractivity contribution in [2.75, 3.05) is 18.2 Å². The molecule has 1 unspecified atom stereocenters. The van der Waals surface area contributed by atoms with E-state index in [0.29, 0.717) is 26.7 Å². The number of rotatable bonds is 6. The van der Waals surface area contributed by atoms with Gasteiger partial charge < -0.3 is 10.1 Å². The summed E-state index contributed by atoms with van der Waals surface area (Å²) >= 11 is 2.85. The normalized spacial score (nSPS) is 14.8. The second-order valence-corrected chi connectivity index (χ2v) is 10.2. The first kappa shape index (κ1) is 22.5. The Morgan fingerprint density at radius 3 is 2.72 bits per heavy atom. The van der Waals surface area contributed by atoms with Crippen molar-refractivity contribution in [2.45, 2.75) is 42.5 Å². The third-order valence-electron chi connectivity index (χ3n) is 5.03. The van der Waals surface area contributed by atoms with Crippen LogP contribution in [-0.4, -0.2) is 33.6 Å². The summed E-state index contributed by atoms with van der Waals surface area (Å²) in [7, 11) is 1.59. The van der Waals surface area contributed by atoms with Crippen LogP contribution in [0.2, 0.25) is 0 Å². The first-order valence-corrected chi connectivity index (χ1v) is 12.2. The third kappa shape index (κ3) is 4.86. The maximum atomic E-state index is 13.4. The Hall–Kier alpha value is -2.71. The quantitative estimate of drug-likeness (QED) is 0.421. The Morgan fingerprint density at radius 2 is 2.00 bits per heavy atom. The van der Waals surface area contributed by atoms with Crippen molar-refractivity contribution in [3.8, 4) is 11.4 Å². The molecule has 1 aromatic heterocycles. The molecule has 32 heavy (non-hydrogen) atoms. The SMILES string of the molecule is COc1cccc(NC(=O)CSc2nc3c(c(=O)n2-c2cc(C)cc(C)c2)SC(C)C3)c1. The number of ether oxygens (including phenoxy) is 1. The zero-order valence-electron chi connectivity index (χ0n) is 18.5. The van der Waals surface area contributed by atoms with Crippen LogP contribution >= 0.6 is 23.5 Å². The number of benzene rings is 2. The lowest BCUT2D eigenvalue weighted by Gasteiger charge is -2.15. The highest BCUT2D eigenvalue weighted by atomic mass is 32.2. The van der Waals surface area contributed by atoms with Crippen LogP contribution in [0.15, 0.2) is 57.3 Å². The molecule has 0 spiro atoms. The molecule has 0 fully saturated rings. The Balaban J connectivity index is 1.64. The topological polar surface area (TPSA) is 73.2 Å². The smallest absolute Gasteiger partial charge is 0.272 e. The standard InChI is InChI=1S/C24H25N3O3S2/c1-14-8-15(2)10-18(9-14)27-23(29)22-20(11-16(3)32-22)26-24(27)31-13-21(28)25-17-6-5-7-19(12-17)30-4/h5-10,12,16H,11,13H2,1-4H3,(H,25,28). The molecule has 3 aromatic rings. The molecule has 0 saturated carbocycles. The van der Waals surface area contributed by atoms with Gasteiger partial charge >= 0.3 is 0 Å². The van der Waals surface area contributed by atoms with Crippen LogP contribution in [0.1, 0.15) is 23.7 Å². The molecule has 0 bridgehead atoms. The molecule has 6 nitrogen and oxygen atoms in total. The number of hydrogen-bond acceptors (Lipinski definition) is 6. The fraction of sp³-hybridized carbons (Fsp3) is 0.292. The van der Waals surface area contributed by atoms with E-state index in [4.69, 9.17) is 9.72 Å². The number of carbonyl (C=O) groups excluding carboxylic acids is 1. The van der Waals surface area contributed by atoms with Crippen molar-refractivity contribution in [2.24, 2.45) is 0 Å². The van der Waals surface area contributed by atoms with Crippen LogP contribution in [0.5, 0.6) is 5.75 Å². The van der Waals surface area contributed by atoms with E-state index in [-0.39, 0.29) is 17.2 Å². The lowest BCUT2D eigenvalue weighted by atomic mass is 10.1. The summed E-state index contributed by atoms with van der Waals surface area (Å²) in [5.41, 5.74) is 4.33. The molecule has 1 aliphatic heterocycles. The fourth-order valence-corrected chi connectivity index (χ4v) is 5.66. The number of nitrogens with zero attached hydrogens (tertiary/aromatic N) is 2. The molecule has 0 radical (unpaired) electrons. The van der Waals surface area contributed by atoms with E-state index in [2.05, 4.69) is 18.3 Å². The molecular formula is C24H25N3O3S2. The van der Waals surface area contributed by atoms with Crippen LogP contribution in [0, 0.1) is 13.8 Å².